The molecular weight excluding hydrogens is 203 g/mol. The molecule has 0 aromatic rings. The summed E-state index contributed by atoms with van der Waals surface area (Å²) in [4.78, 5) is 29.8. The van der Waals surface area contributed by atoms with Crippen LogP contribution in [0.5, 0.6) is 0 Å². The standard InChI is InChI=1S/C5H9O7P/c6-4(7)1-3(5(8)9)2-13(10)11-12-13/h3,10,13H,1-2H2,(H,6,7)(H,8,9). The molecule has 76 valence electrons. The van der Waals surface area contributed by atoms with Gasteiger partial charge in [-0.2, -0.15) is 0 Å². The fourth-order valence-corrected chi connectivity index (χ4v) is 2.35. The number of hydrogen-bond donors (Lipinski definition) is 3. The third-order valence-electron chi connectivity index (χ3n) is 1.55. The normalized spacial score (nSPS) is 23.2. The van der Waals surface area contributed by atoms with Crippen LogP contribution >= 0.6 is 7.94 Å². The van der Waals surface area contributed by atoms with E-state index >= 15 is 0 Å². The molecule has 13 heavy (non-hydrogen) atoms. The second-order valence-corrected chi connectivity index (χ2v) is 4.88. The molecule has 1 aliphatic rings. The summed E-state index contributed by atoms with van der Waals surface area (Å²) >= 11 is 0. The molecule has 1 rings (SSSR count). The van der Waals surface area contributed by atoms with Gasteiger partial charge in [0, 0.05) is 0 Å². The first kappa shape index (κ1) is 10.3. The van der Waals surface area contributed by atoms with Crippen LogP contribution in [-0.4, -0.2) is 33.2 Å². The molecule has 0 saturated carbocycles. The molecule has 3 N–H and O–H groups in total. The molecule has 8 heteroatoms. The zero-order valence-electron chi connectivity index (χ0n) is 6.47. The third kappa shape index (κ3) is 3.23. The summed E-state index contributed by atoms with van der Waals surface area (Å²) in [5.74, 6) is -3.66. The maximum atomic E-state index is 10.5. The zero-order chi connectivity index (χ0) is 10.1. The fraction of sp³-hybridized carbons (Fsp3) is 0.600. The van der Waals surface area contributed by atoms with E-state index < -0.39 is 32.2 Å². The molecule has 1 fully saturated rings. The first-order valence-electron chi connectivity index (χ1n) is 3.47. The van der Waals surface area contributed by atoms with E-state index in [0.717, 1.165) is 0 Å². The van der Waals surface area contributed by atoms with Crippen molar-refractivity contribution in [2.24, 2.45) is 5.92 Å². The number of carboxylic acids is 2. The molecule has 7 nitrogen and oxygen atoms in total. The monoisotopic (exact) mass is 212 g/mol. The van der Waals surface area contributed by atoms with Gasteiger partial charge in [0.25, 0.3) is 0 Å². The van der Waals surface area contributed by atoms with Crippen molar-refractivity contribution < 1.29 is 34.0 Å². The van der Waals surface area contributed by atoms with Crippen LogP contribution in [0.4, 0.5) is 0 Å². The molecule has 1 aliphatic heterocycles. The molecule has 1 saturated heterocycles. The molecule has 0 amide bonds. The van der Waals surface area contributed by atoms with E-state index in [1.807, 2.05) is 0 Å². The van der Waals surface area contributed by atoms with Gasteiger partial charge in [-0.15, -0.1) is 0 Å². The number of rotatable bonds is 5. The predicted molar refractivity (Wildman–Crippen MR) is 40.9 cm³/mol. The Morgan fingerprint density at radius 3 is 2.15 bits per heavy atom. The average Bonchev–Trinajstić information content (AvgIpc) is 2.65. The average molecular weight is 212 g/mol. The van der Waals surface area contributed by atoms with Crippen molar-refractivity contribution in [2.45, 2.75) is 6.42 Å². The van der Waals surface area contributed by atoms with Crippen molar-refractivity contribution in [1.82, 2.24) is 0 Å². The van der Waals surface area contributed by atoms with Crippen molar-refractivity contribution in [2.75, 3.05) is 6.16 Å². The fourth-order valence-electron chi connectivity index (χ4n) is 0.885. The molecule has 0 bridgehead atoms. The van der Waals surface area contributed by atoms with Gasteiger partial charge in [0.05, 0.1) is 0 Å². The van der Waals surface area contributed by atoms with Crippen molar-refractivity contribution in [3.05, 3.63) is 0 Å². The quantitative estimate of drug-likeness (QED) is 0.322. The second kappa shape index (κ2) is 3.55. The molecule has 1 heterocycles. The minimum atomic E-state index is -3.24. The van der Waals surface area contributed by atoms with Crippen LogP contribution in [-0.2, 0) is 18.9 Å². The SMILES string of the molecule is O=C(O)CC(C[PH]1(O)OO1)C(=O)O. The van der Waals surface area contributed by atoms with Crippen molar-refractivity contribution in [1.29, 1.82) is 0 Å². The Hall–Kier alpha value is -0.750. The van der Waals surface area contributed by atoms with Crippen molar-refractivity contribution in [3.63, 3.8) is 0 Å². The van der Waals surface area contributed by atoms with Crippen LogP contribution in [0.15, 0.2) is 0 Å². The van der Waals surface area contributed by atoms with Gasteiger partial charge in [-0.3, -0.25) is 0 Å². The van der Waals surface area contributed by atoms with Gasteiger partial charge in [0.2, 0.25) is 0 Å². The van der Waals surface area contributed by atoms with Crippen LogP contribution in [0.3, 0.4) is 0 Å². The van der Waals surface area contributed by atoms with Gasteiger partial charge < -0.3 is 0 Å². The summed E-state index contributed by atoms with van der Waals surface area (Å²) in [5.41, 5.74) is 0. The van der Waals surface area contributed by atoms with Crippen LogP contribution in [0.25, 0.3) is 0 Å². The zero-order valence-corrected chi connectivity index (χ0v) is 7.47. The van der Waals surface area contributed by atoms with Gasteiger partial charge in [-0.05, 0) is 0 Å². The van der Waals surface area contributed by atoms with Crippen LogP contribution in [0.2, 0.25) is 0 Å². The Morgan fingerprint density at radius 1 is 1.31 bits per heavy atom. The summed E-state index contributed by atoms with van der Waals surface area (Å²) < 4.78 is 8.39. The first-order valence-corrected chi connectivity index (χ1v) is 5.44. The van der Waals surface area contributed by atoms with E-state index in [-0.39, 0.29) is 6.16 Å². The van der Waals surface area contributed by atoms with Gasteiger partial charge >= 0.3 is 72.4 Å². The van der Waals surface area contributed by atoms with E-state index in [1.54, 1.807) is 0 Å². The van der Waals surface area contributed by atoms with Crippen LogP contribution in [0, 0.1) is 5.92 Å². The molecular formula is C5H9O7P. The van der Waals surface area contributed by atoms with Crippen molar-refractivity contribution in [3.8, 4) is 0 Å². The summed E-state index contributed by atoms with van der Waals surface area (Å²) in [7, 11) is -3.24. The maximum absolute atomic E-state index is 10.5. The van der Waals surface area contributed by atoms with Crippen LogP contribution < -0.4 is 0 Å². The van der Waals surface area contributed by atoms with Gasteiger partial charge in [0.15, 0.2) is 0 Å². The first-order chi connectivity index (χ1) is 5.93. The number of aliphatic carboxylic acids is 2. The minimum absolute atomic E-state index is 0.255. The van der Waals surface area contributed by atoms with E-state index in [0.29, 0.717) is 0 Å². The topological polar surface area (TPSA) is 120 Å². The molecule has 0 aromatic heterocycles. The Balaban J connectivity index is 2.47. The Kier molecular flexibility index (Phi) is 2.82. The summed E-state index contributed by atoms with van der Waals surface area (Å²) in [6.45, 7) is 0. The molecule has 0 aliphatic carbocycles. The number of carbonyl (C=O) groups is 2. The van der Waals surface area contributed by atoms with Gasteiger partial charge in [-0.25, -0.2) is 0 Å². The summed E-state index contributed by atoms with van der Waals surface area (Å²) in [6, 6.07) is 0. The Labute approximate surface area is 73.4 Å². The molecule has 0 spiro atoms. The molecule has 0 aromatic carbocycles. The van der Waals surface area contributed by atoms with Gasteiger partial charge in [-0.1, -0.05) is 0 Å². The molecule has 1 atom stereocenters. The van der Waals surface area contributed by atoms with E-state index in [9.17, 15) is 9.59 Å². The number of hydrogen-bond acceptors (Lipinski definition) is 5. The third-order valence-corrected chi connectivity index (χ3v) is 3.11. The molecule has 1 unspecified atom stereocenters. The van der Waals surface area contributed by atoms with E-state index in [1.165, 1.54) is 0 Å². The van der Waals surface area contributed by atoms with Crippen LogP contribution in [0.1, 0.15) is 6.42 Å². The second-order valence-electron chi connectivity index (χ2n) is 2.72. The summed E-state index contributed by atoms with van der Waals surface area (Å²) in [6.07, 6.45) is -0.800. The number of carboxylic acid groups (broad SMARTS) is 2. The molecule has 0 radical (unpaired) electrons. The Bertz CT molecular complexity index is 235. The Morgan fingerprint density at radius 2 is 1.85 bits per heavy atom. The van der Waals surface area contributed by atoms with Gasteiger partial charge in [0.1, 0.15) is 0 Å². The van der Waals surface area contributed by atoms with E-state index in [2.05, 4.69) is 9.35 Å². The summed E-state index contributed by atoms with van der Waals surface area (Å²) in [5, 5.41) is 16.9. The van der Waals surface area contributed by atoms with Crippen molar-refractivity contribution >= 4 is 19.9 Å². The van der Waals surface area contributed by atoms with E-state index in [4.69, 9.17) is 15.1 Å². The predicted octanol–water partition coefficient (Wildman–Crippen LogP) is -0.389.